The Bertz CT molecular complexity index is 1030. The van der Waals surface area contributed by atoms with Gasteiger partial charge in [-0.15, -0.1) is 23.1 Å². The van der Waals surface area contributed by atoms with Crippen LogP contribution in [0.3, 0.4) is 0 Å². The predicted octanol–water partition coefficient (Wildman–Crippen LogP) is 4.77. The van der Waals surface area contributed by atoms with E-state index in [0.717, 1.165) is 27.5 Å². The van der Waals surface area contributed by atoms with Crippen molar-refractivity contribution < 1.29 is 9.59 Å². The lowest BCUT2D eigenvalue weighted by Crippen LogP contribution is -2.28. The SMILES string of the molecule is CN(C)c1ccc(N2C(=O)CSC2c2cccc(NC(=O)Cc3cccs3)c2)cc1. The molecular weight excluding hydrogens is 414 g/mol. The van der Waals surface area contributed by atoms with E-state index in [1.165, 1.54) is 0 Å². The van der Waals surface area contributed by atoms with E-state index < -0.39 is 0 Å². The van der Waals surface area contributed by atoms with Crippen LogP contribution in [-0.4, -0.2) is 31.7 Å². The van der Waals surface area contributed by atoms with Crippen LogP contribution in [0.5, 0.6) is 0 Å². The molecule has 154 valence electrons. The van der Waals surface area contributed by atoms with Crippen molar-refractivity contribution in [2.24, 2.45) is 0 Å². The topological polar surface area (TPSA) is 52.6 Å². The Balaban J connectivity index is 1.52. The Morgan fingerprint density at radius 2 is 1.93 bits per heavy atom. The number of hydrogen-bond acceptors (Lipinski definition) is 5. The number of nitrogens with one attached hydrogen (secondary N) is 1. The molecule has 5 nitrogen and oxygen atoms in total. The maximum absolute atomic E-state index is 12.6. The van der Waals surface area contributed by atoms with Crippen molar-refractivity contribution in [1.29, 1.82) is 0 Å². The molecule has 0 spiro atoms. The molecule has 4 rings (SSSR count). The van der Waals surface area contributed by atoms with Crippen LogP contribution in [0.4, 0.5) is 17.1 Å². The molecule has 2 aromatic carbocycles. The largest absolute Gasteiger partial charge is 0.378 e. The Morgan fingerprint density at radius 1 is 1.13 bits per heavy atom. The smallest absolute Gasteiger partial charge is 0.238 e. The van der Waals surface area contributed by atoms with Crippen LogP contribution in [0.25, 0.3) is 0 Å². The van der Waals surface area contributed by atoms with Crippen LogP contribution >= 0.6 is 23.1 Å². The van der Waals surface area contributed by atoms with Crippen LogP contribution in [0.2, 0.25) is 0 Å². The maximum Gasteiger partial charge on any atom is 0.238 e. The molecule has 2 amide bonds. The molecule has 0 aliphatic carbocycles. The van der Waals surface area contributed by atoms with Crippen molar-refractivity contribution in [3.8, 4) is 0 Å². The minimum atomic E-state index is -0.114. The molecule has 1 aliphatic rings. The number of amides is 2. The third-order valence-electron chi connectivity index (χ3n) is 4.88. The highest BCUT2D eigenvalue weighted by Gasteiger charge is 2.34. The third kappa shape index (κ3) is 4.52. The van der Waals surface area contributed by atoms with Gasteiger partial charge in [0.15, 0.2) is 0 Å². The highest BCUT2D eigenvalue weighted by atomic mass is 32.2. The van der Waals surface area contributed by atoms with Crippen molar-refractivity contribution in [1.82, 2.24) is 0 Å². The van der Waals surface area contributed by atoms with Gasteiger partial charge in [-0.2, -0.15) is 0 Å². The highest BCUT2D eigenvalue weighted by molar-refractivity contribution is 8.00. The summed E-state index contributed by atoms with van der Waals surface area (Å²) in [5.74, 6) is 0.491. The summed E-state index contributed by atoms with van der Waals surface area (Å²) in [5, 5.41) is 4.83. The summed E-state index contributed by atoms with van der Waals surface area (Å²) in [7, 11) is 3.99. The fraction of sp³-hybridized carbons (Fsp3) is 0.217. The normalized spacial score (nSPS) is 16.0. The molecular formula is C23H23N3O2S2. The molecule has 1 atom stereocenters. The van der Waals surface area contributed by atoms with Crippen LogP contribution < -0.4 is 15.1 Å². The van der Waals surface area contributed by atoms with Crippen molar-refractivity contribution in [3.05, 3.63) is 76.5 Å². The zero-order chi connectivity index (χ0) is 21.1. The Labute approximate surface area is 184 Å². The first-order chi connectivity index (χ1) is 14.5. The van der Waals surface area contributed by atoms with E-state index in [2.05, 4.69) is 5.32 Å². The highest BCUT2D eigenvalue weighted by Crippen LogP contribution is 2.42. The molecule has 1 fully saturated rings. The van der Waals surface area contributed by atoms with E-state index in [9.17, 15) is 9.59 Å². The van der Waals surface area contributed by atoms with Crippen molar-refractivity contribution in [2.75, 3.05) is 35.0 Å². The van der Waals surface area contributed by atoms with Crippen LogP contribution in [-0.2, 0) is 16.0 Å². The van der Waals surface area contributed by atoms with Gasteiger partial charge in [-0.05, 0) is 53.4 Å². The summed E-state index contributed by atoms with van der Waals surface area (Å²) >= 11 is 3.18. The Kier molecular flexibility index (Phi) is 6.11. The van der Waals surface area contributed by atoms with Gasteiger partial charge in [0, 0.05) is 36.0 Å². The number of nitrogens with zero attached hydrogens (tertiary/aromatic N) is 2. The van der Waals surface area contributed by atoms with Gasteiger partial charge < -0.3 is 10.2 Å². The molecule has 7 heteroatoms. The van der Waals surface area contributed by atoms with Gasteiger partial charge in [-0.3, -0.25) is 14.5 Å². The average Bonchev–Trinajstić information content (AvgIpc) is 3.37. The summed E-state index contributed by atoms with van der Waals surface area (Å²) in [5.41, 5.74) is 3.71. The first-order valence-corrected chi connectivity index (χ1v) is 11.6. The summed E-state index contributed by atoms with van der Waals surface area (Å²) < 4.78 is 0. The lowest BCUT2D eigenvalue weighted by Gasteiger charge is -2.25. The van der Waals surface area contributed by atoms with Crippen LogP contribution in [0.1, 0.15) is 15.8 Å². The van der Waals surface area contributed by atoms with Crippen molar-refractivity contribution >= 4 is 52.0 Å². The lowest BCUT2D eigenvalue weighted by molar-refractivity contribution is -0.116. The third-order valence-corrected chi connectivity index (χ3v) is 6.97. The second-order valence-electron chi connectivity index (χ2n) is 7.27. The molecule has 1 aliphatic heterocycles. The minimum absolute atomic E-state index is 0.0409. The first kappa shape index (κ1) is 20.5. The van der Waals surface area contributed by atoms with Gasteiger partial charge in [0.25, 0.3) is 0 Å². The number of hydrogen-bond donors (Lipinski definition) is 1. The van der Waals surface area contributed by atoms with E-state index in [1.807, 2.05) is 89.9 Å². The van der Waals surface area contributed by atoms with Crippen molar-refractivity contribution in [3.63, 3.8) is 0 Å². The number of anilines is 3. The molecule has 1 aromatic heterocycles. The average molecular weight is 438 g/mol. The number of thiophene rings is 1. The van der Waals surface area contributed by atoms with Gasteiger partial charge in [0.05, 0.1) is 12.2 Å². The number of carbonyl (C=O) groups excluding carboxylic acids is 2. The molecule has 3 aromatic rings. The second-order valence-corrected chi connectivity index (χ2v) is 9.37. The van der Waals surface area contributed by atoms with Gasteiger partial charge in [-0.25, -0.2) is 0 Å². The lowest BCUT2D eigenvalue weighted by atomic mass is 10.1. The van der Waals surface area contributed by atoms with Gasteiger partial charge >= 0.3 is 0 Å². The fourth-order valence-corrected chi connectivity index (χ4v) is 5.28. The fourth-order valence-electron chi connectivity index (χ4n) is 3.41. The monoisotopic (exact) mass is 437 g/mol. The molecule has 30 heavy (non-hydrogen) atoms. The van der Waals surface area contributed by atoms with Crippen LogP contribution in [0.15, 0.2) is 66.0 Å². The summed E-state index contributed by atoms with van der Waals surface area (Å²) in [4.78, 5) is 29.9. The zero-order valence-electron chi connectivity index (χ0n) is 16.9. The zero-order valence-corrected chi connectivity index (χ0v) is 18.5. The van der Waals surface area contributed by atoms with Gasteiger partial charge in [-0.1, -0.05) is 18.2 Å². The number of benzene rings is 2. The minimum Gasteiger partial charge on any atom is -0.378 e. The van der Waals surface area contributed by atoms with E-state index in [4.69, 9.17) is 0 Å². The van der Waals surface area contributed by atoms with Crippen molar-refractivity contribution in [2.45, 2.75) is 11.8 Å². The molecule has 2 heterocycles. The first-order valence-electron chi connectivity index (χ1n) is 9.64. The summed E-state index contributed by atoms with van der Waals surface area (Å²) in [6.07, 6.45) is 0.364. The number of rotatable bonds is 6. The standard InChI is InChI=1S/C23H23N3O2S2/c1-25(2)18-8-10-19(11-9-18)26-22(28)15-30-23(26)16-5-3-6-17(13-16)24-21(27)14-20-7-4-12-29-20/h3-13,23H,14-15H2,1-2H3,(H,24,27). The number of thioether (sulfide) groups is 1. The Morgan fingerprint density at radius 3 is 2.63 bits per heavy atom. The molecule has 1 N–H and O–H groups in total. The second kappa shape index (κ2) is 8.93. The van der Waals surface area contributed by atoms with E-state index in [0.29, 0.717) is 12.2 Å². The molecule has 0 radical (unpaired) electrons. The molecule has 0 bridgehead atoms. The molecule has 0 saturated carbocycles. The summed E-state index contributed by atoms with van der Waals surface area (Å²) in [6, 6.07) is 19.7. The Hall–Kier alpha value is -2.77. The molecule has 1 saturated heterocycles. The van der Waals surface area contributed by atoms with Gasteiger partial charge in [0.2, 0.25) is 11.8 Å². The predicted molar refractivity (Wildman–Crippen MR) is 127 cm³/mol. The van der Waals surface area contributed by atoms with Crippen LogP contribution in [0, 0.1) is 0 Å². The summed E-state index contributed by atoms with van der Waals surface area (Å²) in [6.45, 7) is 0. The van der Waals surface area contributed by atoms with E-state index in [1.54, 1.807) is 23.1 Å². The van der Waals surface area contributed by atoms with E-state index in [-0.39, 0.29) is 17.2 Å². The maximum atomic E-state index is 12.6. The van der Waals surface area contributed by atoms with Gasteiger partial charge in [0.1, 0.15) is 5.37 Å². The number of carbonyl (C=O) groups is 2. The molecule has 1 unspecified atom stereocenters. The van der Waals surface area contributed by atoms with E-state index >= 15 is 0 Å². The quantitative estimate of drug-likeness (QED) is 0.603.